The maximum atomic E-state index is 11.9. The minimum Gasteiger partial charge on any atom is -0.370 e. The van der Waals surface area contributed by atoms with Gasteiger partial charge in [-0.1, -0.05) is 6.92 Å². The summed E-state index contributed by atoms with van der Waals surface area (Å²) in [5, 5.41) is 0. The van der Waals surface area contributed by atoms with Gasteiger partial charge in [0.2, 0.25) is 0 Å². The molecule has 5 nitrogen and oxygen atoms in total. The first-order valence-electron chi connectivity index (χ1n) is 5.47. The van der Waals surface area contributed by atoms with Gasteiger partial charge < -0.3 is 20.3 Å². The van der Waals surface area contributed by atoms with Gasteiger partial charge in [0.15, 0.2) is 0 Å². The Morgan fingerprint density at radius 3 is 2.40 bits per heavy atom. The van der Waals surface area contributed by atoms with E-state index >= 15 is 0 Å². The normalized spacial score (nSPS) is 20.3. The standard InChI is InChI=1S/C10H21N3O2/c1-3-12-4-6-13(7-5-12)10(14)9(8-11)15-2/h9H,3-8,11H2,1-2H3. The summed E-state index contributed by atoms with van der Waals surface area (Å²) < 4.78 is 5.04. The number of nitrogens with zero attached hydrogens (tertiary/aromatic N) is 2. The molecule has 15 heavy (non-hydrogen) atoms. The zero-order valence-electron chi connectivity index (χ0n) is 9.61. The molecule has 2 N–H and O–H groups in total. The van der Waals surface area contributed by atoms with E-state index in [9.17, 15) is 4.79 Å². The SMILES string of the molecule is CCN1CCN(C(=O)C(CN)OC)CC1. The summed E-state index contributed by atoms with van der Waals surface area (Å²) in [5.74, 6) is 0.0238. The van der Waals surface area contributed by atoms with Crippen molar-refractivity contribution in [1.82, 2.24) is 9.80 Å². The maximum absolute atomic E-state index is 11.9. The first kappa shape index (κ1) is 12.4. The van der Waals surface area contributed by atoms with Crippen molar-refractivity contribution in [2.24, 2.45) is 5.73 Å². The number of amides is 1. The molecule has 1 fully saturated rings. The molecule has 0 aromatic carbocycles. The minimum absolute atomic E-state index is 0.0238. The van der Waals surface area contributed by atoms with Crippen LogP contribution in [0.1, 0.15) is 6.92 Å². The number of ether oxygens (including phenoxy) is 1. The van der Waals surface area contributed by atoms with Crippen molar-refractivity contribution in [2.45, 2.75) is 13.0 Å². The van der Waals surface area contributed by atoms with Gasteiger partial charge in [-0.05, 0) is 6.54 Å². The van der Waals surface area contributed by atoms with Gasteiger partial charge in [0.1, 0.15) is 6.10 Å². The number of carbonyl (C=O) groups excluding carboxylic acids is 1. The largest absolute Gasteiger partial charge is 0.370 e. The fourth-order valence-corrected chi connectivity index (χ4v) is 1.79. The van der Waals surface area contributed by atoms with Gasteiger partial charge in [0.05, 0.1) is 0 Å². The van der Waals surface area contributed by atoms with Crippen LogP contribution >= 0.6 is 0 Å². The number of rotatable bonds is 4. The predicted molar refractivity (Wildman–Crippen MR) is 58.5 cm³/mol. The van der Waals surface area contributed by atoms with Crippen LogP contribution in [0.4, 0.5) is 0 Å². The van der Waals surface area contributed by atoms with Gasteiger partial charge in [-0.2, -0.15) is 0 Å². The smallest absolute Gasteiger partial charge is 0.253 e. The fourth-order valence-electron chi connectivity index (χ4n) is 1.79. The van der Waals surface area contributed by atoms with Crippen molar-refractivity contribution >= 4 is 5.91 Å². The van der Waals surface area contributed by atoms with Crippen molar-refractivity contribution in [3.05, 3.63) is 0 Å². The molecule has 1 atom stereocenters. The first-order chi connectivity index (χ1) is 7.22. The molecule has 0 aromatic rings. The van der Waals surface area contributed by atoms with E-state index in [0.717, 1.165) is 32.7 Å². The molecule has 0 aromatic heterocycles. The summed E-state index contributed by atoms with van der Waals surface area (Å²) in [6, 6.07) is 0. The zero-order valence-corrected chi connectivity index (χ0v) is 9.61. The van der Waals surface area contributed by atoms with Crippen LogP contribution in [0, 0.1) is 0 Å². The molecule has 88 valence electrons. The summed E-state index contributed by atoms with van der Waals surface area (Å²) in [6.45, 7) is 6.90. The Kier molecular flexibility index (Phi) is 5.01. The molecule has 5 heteroatoms. The number of likely N-dealkylation sites (N-methyl/N-ethyl adjacent to an activating group) is 1. The minimum atomic E-state index is -0.474. The molecule has 1 aliphatic rings. The van der Waals surface area contributed by atoms with Crippen LogP contribution in [0.3, 0.4) is 0 Å². The lowest BCUT2D eigenvalue weighted by Crippen LogP contribution is -2.52. The first-order valence-corrected chi connectivity index (χ1v) is 5.47. The zero-order chi connectivity index (χ0) is 11.3. The Morgan fingerprint density at radius 2 is 2.00 bits per heavy atom. The number of hydrogen-bond donors (Lipinski definition) is 1. The summed E-state index contributed by atoms with van der Waals surface area (Å²) in [4.78, 5) is 16.0. The van der Waals surface area contributed by atoms with E-state index in [1.807, 2.05) is 4.90 Å². The van der Waals surface area contributed by atoms with E-state index < -0.39 is 6.10 Å². The Morgan fingerprint density at radius 1 is 1.40 bits per heavy atom. The lowest BCUT2D eigenvalue weighted by atomic mass is 10.2. The molecule has 1 unspecified atom stereocenters. The van der Waals surface area contributed by atoms with E-state index in [-0.39, 0.29) is 12.5 Å². The Labute approximate surface area is 91.2 Å². The predicted octanol–water partition coefficient (Wildman–Crippen LogP) is -0.876. The molecule has 1 rings (SSSR count). The number of hydrogen-bond acceptors (Lipinski definition) is 4. The number of methoxy groups -OCH3 is 1. The molecule has 0 aliphatic carbocycles. The molecule has 1 heterocycles. The lowest BCUT2D eigenvalue weighted by Gasteiger charge is -2.35. The Bertz CT molecular complexity index is 199. The Hall–Kier alpha value is -0.650. The van der Waals surface area contributed by atoms with E-state index in [0.29, 0.717) is 0 Å². The third-order valence-electron chi connectivity index (χ3n) is 2.91. The second-order valence-electron chi connectivity index (χ2n) is 3.72. The van der Waals surface area contributed by atoms with E-state index in [4.69, 9.17) is 10.5 Å². The van der Waals surface area contributed by atoms with Crippen LogP contribution in [0.15, 0.2) is 0 Å². The van der Waals surface area contributed by atoms with Crippen molar-refractivity contribution < 1.29 is 9.53 Å². The topological polar surface area (TPSA) is 58.8 Å². The monoisotopic (exact) mass is 215 g/mol. The number of nitrogens with two attached hydrogens (primary N) is 1. The quantitative estimate of drug-likeness (QED) is 0.662. The van der Waals surface area contributed by atoms with Crippen molar-refractivity contribution in [3.63, 3.8) is 0 Å². The average Bonchev–Trinajstić information content (AvgIpc) is 2.30. The highest BCUT2D eigenvalue weighted by Crippen LogP contribution is 2.04. The highest BCUT2D eigenvalue weighted by atomic mass is 16.5. The second kappa shape index (κ2) is 6.05. The fraction of sp³-hybridized carbons (Fsp3) is 0.900. The van der Waals surface area contributed by atoms with Crippen LogP contribution in [-0.4, -0.2) is 68.2 Å². The van der Waals surface area contributed by atoms with Crippen molar-refractivity contribution in [2.75, 3.05) is 46.4 Å². The Balaban J connectivity index is 2.42. The maximum Gasteiger partial charge on any atom is 0.253 e. The third kappa shape index (κ3) is 3.15. The van der Waals surface area contributed by atoms with Crippen LogP contribution < -0.4 is 5.73 Å². The van der Waals surface area contributed by atoms with Crippen LogP contribution in [-0.2, 0) is 9.53 Å². The summed E-state index contributed by atoms with van der Waals surface area (Å²) in [7, 11) is 1.53. The van der Waals surface area contributed by atoms with Crippen molar-refractivity contribution in [1.29, 1.82) is 0 Å². The van der Waals surface area contributed by atoms with Crippen LogP contribution in [0.5, 0.6) is 0 Å². The molecule has 0 bridgehead atoms. The second-order valence-corrected chi connectivity index (χ2v) is 3.72. The summed E-state index contributed by atoms with van der Waals surface area (Å²) >= 11 is 0. The summed E-state index contributed by atoms with van der Waals surface area (Å²) in [6.07, 6.45) is -0.474. The van der Waals surface area contributed by atoms with Gasteiger partial charge in [-0.3, -0.25) is 4.79 Å². The van der Waals surface area contributed by atoms with Gasteiger partial charge in [0.25, 0.3) is 5.91 Å². The molecule has 0 spiro atoms. The number of piperazine rings is 1. The highest BCUT2D eigenvalue weighted by molar-refractivity contribution is 5.81. The average molecular weight is 215 g/mol. The molecule has 1 amide bonds. The van der Waals surface area contributed by atoms with E-state index in [1.165, 1.54) is 7.11 Å². The molecule has 0 saturated carbocycles. The van der Waals surface area contributed by atoms with E-state index in [1.54, 1.807) is 0 Å². The third-order valence-corrected chi connectivity index (χ3v) is 2.91. The number of carbonyl (C=O) groups is 1. The van der Waals surface area contributed by atoms with Gasteiger partial charge in [-0.25, -0.2) is 0 Å². The van der Waals surface area contributed by atoms with Gasteiger partial charge in [-0.15, -0.1) is 0 Å². The van der Waals surface area contributed by atoms with E-state index in [2.05, 4.69) is 11.8 Å². The molecule has 1 aliphatic heterocycles. The molecular weight excluding hydrogens is 194 g/mol. The lowest BCUT2D eigenvalue weighted by molar-refractivity contribution is -0.143. The van der Waals surface area contributed by atoms with Crippen LogP contribution in [0.25, 0.3) is 0 Å². The molecule has 1 saturated heterocycles. The van der Waals surface area contributed by atoms with Crippen molar-refractivity contribution in [3.8, 4) is 0 Å². The highest BCUT2D eigenvalue weighted by Gasteiger charge is 2.25. The van der Waals surface area contributed by atoms with Gasteiger partial charge in [0, 0.05) is 39.8 Å². The van der Waals surface area contributed by atoms with Crippen LogP contribution in [0.2, 0.25) is 0 Å². The summed E-state index contributed by atoms with van der Waals surface area (Å²) in [5.41, 5.74) is 5.46. The molecular formula is C10H21N3O2. The van der Waals surface area contributed by atoms with Gasteiger partial charge >= 0.3 is 0 Å². The molecule has 0 radical (unpaired) electrons.